The minimum absolute atomic E-state index is 0.181. The van der Waals surface area contributed by atoms with Crippen LogP contribution in [0.25, 0.3) is 11.0 Å². The molecule has 142 valence electrons. The Morgan fingerprint density at radius 3 is 2.63 bits per heavy atom. The normalized spacial score (nSPS) is 17.4. The second-order valence-corrected chi connectivity index (χ2v) is 6.66. The number of fused-ring (bicyclic) bond motifs is 1. The fourth-order valence-electron chi connectivity index (χ4n) is 3.46. The van der Waals surface area contributed by atoms with E-state index in [0.717, 1.165) is 5.52 Å². The lowest BCUT2D eigenvalue weighted by Crippen LogP contribution is -2.43. The molecule has 0 saturated carbocycles. The van der Waals surface area contributed by atoms with Gasteiger partial charge in [0.1, 0.15) is 12.2 Å². The van der Waals surface area contributed by atoms with Gasteiger partial charge in [0, 0.05) is 26.1 Å². The van der Waals surface area contributed by atoms with Crippen LogP contribution in [0.1, 0.15) is 36.7 Å². The Labute approximate surface area is 156 Å². The van der Waals surface area contributed by atoms with Gasteiger partial charge in [0.25, 0.3) is 5.91 Å². The van der Waals surface area contributed by atoms with Crippen LogP contribution < -0.4 is 0 Å². The molecule has 3 rings (SSSR count). The molecule has 0 bridgehead atoms. The Balaban J connectivity index is 1.71. The van der Waals surface area contributed by atoms with Gasteiger partial charge >= 0.3 is 5.97 Å². The monoisotopic (exact) mass is 370 g/mol. The number of benzene rings is 1. The molecular formula is C19H22N4O4. The van der Waals surface area contributed by atoms with Gasteiger partial charge < -0.3 is 14.9 Å². The highest BCUT2D eigenvalue weighted by Gasteiger charge is 2.28. The quantitative estimate of drug-likeness (QED) is 0.876. The van der Waals surface area contributed by atoms with Crippen molar-refractivity contribution in [2.45, 2.75) is 32.2 Å². The van der Waals surface area contributed by atoms with E-state index in [-0.39, 0.29) is 24.4 Å². The molecule has 8 heteroatoms. The highest BCUT2D eigenvalue weighted by atomic mass is 16.4. The number of nitrogens with zero attached hydrogens (tertiary/aromatic N) is 4. The lowest BCUT2D eigenvalue weighted by Gasteiger charge is -2.28. The number of para-hydroxylation sites is 2. The third-order valence-electron chi connectivity index (χ3n) is 4.80. The van der Waals surface area contributed by atoms with Gasteiger partial charge in [-0.3, -0.25) is 19.4 Å². The predicted molar refractivity (Wildman–Crippen MR) is 98.1 cm³/mol. The molecule has 1 aromatic carbocycles. The van der Waals surface area contributed by atoms with Crippen LogP contribution in [0.4, 0.5) is 0 Å². The van der Waals surface area contributed by atoms with E-state index in [9.17, 15) is 14.4 Å². The van der Waals surface area contributed by atoms with Crippen LogP contribution in [0.2, 0.25) is 0 Å². The van der Waals surface area contributed by atoms with E-state index in [1.807, 2.05) is 24.3 Å². The van der Waals surface area contributed by atoms with Crippen molar-refractivity contribution in [2.24, 2.45) is 0 Å². The van der Waals surface area contributed by atoms with Gasteiger partial charge in [-0.25, -0.2) is 4.98 Å². The molecule has 2 amide bonds. The van der Waals surface area contributed by atoms with Crippen LogP contribution in [0.5, 0.6) is 0 Å². The van der Waals surface area contributed by atoms with Crippen LogP contribution in [0, 0.1) is 0 Å². The van der Waals surface area contributed by atoms with Gasteiger partial charge in [0.05, 0.1) is 17.2 Å². The molecule has 1 N–H and O–H groups in total. The molecule has 2 aromatic rings. The van der Waals surface area contributed by atoms with Crippen molar-refractivity contribution in [3.05, 3.63) is 36.2 Å². The number of hydrogen-bond donors (Lipinski definition) is 1. The number of carboxylic acid groups (broad SMARTS) is 1. The van der Waals surface area contributed by atoms with Gasteiger partial charge in [-0.2, -0.15) is 0 Å². The lowest BCUT2D eigenvalue weighted by atomic mass is 10.1. The number of hydrogen-bond acceptors (Lipinski definition) is 5. The summed E-state index contributed by atoms with van der Waals surface area (Å²) in [6.07, 6.45) is 3.39. The molecule has 0 radical (unpaired) electrons. The molecule has 8 nitrogen and oxygen atoms in total. The van der Waals surface area contributed by atoms with Gasteiger partial charge in [0.15, 0.2) is 0 Å². The average molecular weight is 370 g/mol. The average Bonchev–Trinajstić information content (AvgIpc) is 2.91. The van der Waals surface area contributed by atoms with Crippen molar-refractivity contribution in [1.29, 1.82) is 0 Å². The first-order valence-corrected chi connectivity index (χ1v) is 8.96. The first-order chi connectivity index (χ1) is 13.0. The van der Waals surface area contributed by atoms with Crippen molar-refractivity contribution in [1.82, 2.24) is 19.8 Å². The second kappa shape index (κ2) is 8.11. The third-order valence-corrected chi connectivity index (χ3v) is 4.80. The molecule has 1 unspecified atom stereocenters. The number of amides is 2. The molecule has 1 fully saturated rings. The largest absolute Gasteiger partial charge is 0.480 e. The highest BCUT2D eigenvalue weighted by Crippen LogP contribution is 2.19. The Kier molecular flexibility index (Phi) is 5.63. The second-order valence-electron chi connectivity index (χ2n) is 6.66. The molecule has 0 spiro atoms. The van der Waals surface area contributed by atoms with Crippen molar-refractivity contribution >= 4 is 28.8 Å². The molecule has 1 aromatic heterocycles. The lowest BCUT2D eigenvalue weighted by molar-refractivity contribution is -0.145. The topological polar surface area (TPSA) is 104 Å². The zero-order chi connectivity index (χ0) is 19.4. The summed E-state index contributed by atoms with van der Waals surface area (Å²) in [6, 6.07) is 7.19. The molecule has 27 heavy (non-hydrogen) atoms. The Hall–Kier alpha value is -3.03. The summed E-state index contributed by atoms with van der Waals surface area (Å²) in [5, 5.41) is 9.04. The summed E-state index contributed by atoms with van der Waals surface area (Å²) in [6.45, 7) is 2.05. The van der Waals surface area contributed by atoms with Gasteiger partial charge in [-0.05, 0) is 31.4 Å². The Morgan fingerprint density at radius 2 is 1.93 bits per heavy atom. The molecule has 1 atom stereocenters. The van der Waals surface area contributed by atoms with E-state index in [0.29, 0.717) is 43.6 Å². The molecule has 2 heterocycles. The summed E-state index contributed by atoms with van der Waals surface area (Å²) < 4.78 is 0. The first-order valence-electron chi connectivity index (χ1n) is 8.96. The van der Waals surface area contributed by atoms with Gasteiger partial charge in [0.2, 0.25) is 5.91 Å². The fourth-order valence-corrected chi connectivity index (χ4v) is 3.46. The van der Waals surface area contributed by atoms with E-state index in [2.05, 4.69) is 9.97 Å². The predicted octanol–water partition coefficient (Wildman–Crippen LogP) is 1.56. The van der Waals surface area contributed by atoms with E-state index in [4.69, 9.17) is 5.11 Å². The Bertz CT molecular complexity index is 870. The smallest absolute Gasteiger partial charge is 0.323 e. The summed E-state index contributed by atoms with van der Waals surface area (Å²) in [5.74, 6) is -1.49. The summed E-state index contributed by atoms with van der Waals surface area (Å²) in [5.41, 5.74) is 1.69. The van der Waals surface area contributed by atoms with Crippen molar-refractivity contribution in [2.75, 3.05) is 19.6 Å². The maximum absolute atomic E-state index is 12.8. The number of carbonyl (C=O) groups is 3. The SMILES string of the molecule is CC(=O)N(CC(=O)O)C1CCCN(C(=O)c2cnc3ccccc3n2)CC1. The van der Waals surface area contributed by atoms with Crippen LogP contribution in [-0.4, -0.2) is 68.3 Å². The van der Waals surface area contributed by atoms with Gasteiger partial charge in [-0.15, -0.1) is 0 Å². The summed E-state index contributed by atoms with van der Waals surface area (Å²) in [7, 11) is 0. The van der Waals surface area contributed by atoms with Crippen molar-refractivity contribution < 1.29 is 19.5 Å². The van der Waals surface area contributed by atoms with E-state index in [1.165, 1.54) is 18.0 Å². The number of aliphatic carboxylic acids is 1. The third kappa shape index (κ3) is 4.39. The highest BCUT2D eigenvalue weighted by molar-refractivity contribution is 5.93. The van der Waals surface area contributed by atoms with E-state index < -0.39 is 5.97 Å². The van der Waals surface area contributed by atoms with Crippen LogP contribution in [0.3, 0.4) is 0 Å². The minimum atomic E-state index is -1.03. The van der Waals surface area contributed by atoms with Gasteiger partial charge in [-0.1, -0.05) is 12.1 Å². The summed E-state index contributed by atoms with van der Waals surface area (Å²) in [4.78, 5) is 47.5. The molecule has 1 saturated heterocycles. The van der Waals surface area contributed by atoms with Crippen LogP contribution in [-0.2, 0) is 9.59 Å². The number of carbonyl (C=O) groups excluding carboxylic acids is 2. The van der Waals surface area contributed by atoms with Crippen LogP contribution in [0.15, 0.2) is 30.5 Å². The van der Waals surface area contributed by atoms with E-state index in [1.54, 1.807) is 4.90 Å². The zero-order valence-corrected chi connectivity index (χ0v) is 15.2. The fraction of sp³-hybridized carbons (Fsp3) is 0.421. The Morgan fingerprint density at radius 1 is 1.19 bits per heavy atom. The first kappa shape index (κ1) is 18.8. The number of carboxylic acids is 1. The van der Waals surface area contributed by atoms with E-state index >= 15 is 0 Å². The standard InChI is InChI=1S/C19H22N4O4/c1-13(24)23(12-18(25)26)14-5-4-9-22(10-8-14)19(27)17-11-20-15-6-2-3-7-16(15)21-17/h2-3,6-7,11,14H,4-5,8-10,12H2,1H3,(H,25,26). The number of likely N-dealkylation sites (tertiary alicyclic amines) is 1. The number of aromatic nitrogens is 2. The molecular weight excluding hydrogens is 348 g/mol. The van der Waals surface area contributed by atoms with Crippen LogP contribution >= 0.6 is 0 Å². The maximum Gasteiger partial charge on any atom is 0.323 e. The molecule has 0 aliphatic carbocycles. The van der Waals surface area contributed by atoms with Crippen molar-refractivity contribution in [3.8, 4) is 0 Å². The maximum atomic E-state index is 12.8. The number of rotatable bonds is 4. The zero-order valence-electron chi connectivity index (χ0n) is 15.2. The summed E-state index contributed by atoms with van der Waals surface area (Å²) >= 11 is 0. The van der Waals surface area contributed by atoms with Crippen molar-refractivity contribution in [3.63, 3.8) is 0 Å². The minimum Gasteiger partial charge on any atom is -0.480 e. The molecule has 1 aliphatic heterocycles. The molecule has 1 aliphatic rings.